The van der Waals surface area contributed by atoms with Crippen LogP contribution >= 0.6 is 0 Å². The summed E-state index contributed by atoms with van der Waals surface area (Å²) in [6.45, 7) is 6.42. The first-order valence-electron chi connectivity index (χ1n) is 7.88. The Morgan fingerprint density at radius 2 is 1.80 bits per heavy atom. The van der Waals surface area contributed by atoms with Crippen LogP contribution in [0.15, 0.2) is 0 Å². The molecule has 20 heavy (non-hydrogen) atoms. The fraction of sp³-hybridized carbons (Fsp3) is 0.875. The Morgan fingerprint density at radius 1 is 1.10 bits per heavy atom. The van der Waals surface area contributed by atoms with Gasteiger partial charge < -0.3 is 9.64 Å². The second-order valence-corrected chi connectivity index (χ2v) is 7.07. The van der Waals surface area contributed by atoms with Crippen molar-refractivity contribution < 1.29 is 14.3 Å². The molecule has 1 amide bonds. The van der Waals surface area contributed by atoms with E-state index in [0.29, 0.717) is 12.0 Å². The van der Waals surface area contributed by atoms with Crippen molar-refractivity contribution in [2.75, 3.05) is 6.54 Å². The highest BCUT2D eigenvalue weighted by Crippen LogP contribution is 2.36. The number of hydrogen-bond donors (Lipinski definition) is 0. The molecule has 2 aliphatic rings. The Balaban J connectivity index is 1.79. The minimum absolute atomic E-state index is 0.130. The van der Waals surface area contributed by atoms with Gasteiger partial charge in [0.05, 0.1) is 6.42 Å². The van der Waals surface area contributed by atoms with Gasteiger partial charge in [-0.2, -0.15) is 0 Å². The van der Waals surface area contributed by atoms with E-state index >= 15 is 0 Å². The molecule has 1 aliphatic carbocycles. The summed E-state index contributed by atoms with van der Waals surface area (Å²) < 4.78 is 5.25. The maximum absolute atomic E-state index is 12.3. The summed E-state index contributed by atoms with van der Waals surface area (Å²) in [6.07, 6.45) is 6.58. The third-order valence-electron chi connectivity index (χ3n) is 4.29. The minimum atomic E-state index is -0.470. The van der Waals surface area contributed by atoms with E-state index in [1.165, 1.54) is 19.3 Å². The first kappa shape index (κ1) is 15.3. The summed E-state index contributed by atoms with van der Waals surface area (Å²) in [5, 5.41) is 0. The molecule has 1 heterocycles. The van der Waals surface area contributed by atoms with Crippen LogP contribution in [0, 0.1) is 5.92 Å². The monoisotopic (exact) mass is 281 g/mol. The molecule has 0 aromatic carbocycles. The van der Waals surface area contributed by atoms with E-state index in [2.05, 4.69) is 0 Å². The summed E-state index contributed by atoms with van der Waals surface area (Å²) in [7, 11) is 0. The number of esters is 1. The Hall–Kier alpha value is -1.06. The van der Waals surface area contributed by atoms with Gasteiger partial charge in [0.15, 0.2) is 0 Å². The molecule has 114 valence electrons. The number of likely N-dealkylation sites (tertiary alicyclic amines) is 1. The number of rotatable bonds is 3. The highest BCUT2D eigenvalue weighted by Gasteiger charge is 2.37. The van der Waals surface area contributed by atoms with Gasteiger partial charge in [0.25, 0.3) is 0 Å². The van der Waals surface area contributed by atoms with Gasteiger partial charge in [0, 0.05) is 19.0 Å². The van der Waals surface area contributed by atoms with Gasteiger partial charge in [-0.3, -0.25) is 9.59 Å². The third kappa shape index (κ3) is 3.97. The van der Waals surface area contributed by atoms with Crippen molar-refractivity contribution in [1.29, 1.82) is 0 Å². The lowest BCUT2D eigenvalue weighted by atomic mass is 9.85. The van der Waals surface area contributed by atoms with E-state index in [4.69, 9.17) is 4.74 Å². The van der Waals surface area contributed by atoms with E-state index in [9.17, 15) is 9.59 Å². The maximum atomic E-state index is 12.3. The molecule has 0 spiro atoms. The van der Waals surface area contributed by atoms with E-state index < -0.39 is 5.60 Å². The normalized spacial score (nSPS) is 26.2. The van der Waals surface area contributed by atoms with Crippen LogP contribution in [0.1, 0.15) is 65.7 Å². The fourth-order valence-electron chi connectivity index (χ4n) is 3.46. The minimum Gasteiger partial charge on any atom is -0.460 e. The zero-order chi connectivity index (χ0) is 14.8. The number of carbonyl (C=O) groups is 2. The average molecular weight is 281 g/mol. The van der Waals surface area contributed by atoms with Crippen molar-refractivity contribution in [3.8, 4) is 0 Å². The number of nitrogens with zero attached hydrogens (tertiary/aromatic N) is 1. The lowest BCUT2D eigenvalue weighted by molar-refractivity contribution is -0.156. The number of amides is 1. The fourth-order valence-corrected chi connectivity index (χ4v) is 3.46. The molecule has 1 saturated heterocycles. The second-order valence-electron chi connectivity index (χ2n) is 7.07. The Morgan fingerprint density at radius 3 is 2.50 bits per heavy atom. The molecule has 4 nitrogen and oxygen atoms in total. The van der Waals surface area contributed by atoms with E-state index in [0.717, 1.165) is 19.4 Å². The van der Waals surface area contributed by atoms with Gasteiger partial charge in [0.2, 0.25) is 5.91 Å². The van der Waals surface area contributed by atoms with Crippen molar-refractivity contribution in [2.24, 2.45) is 5.92 Å². The smallest absolute Gasteiger partial charge is 0.306 e. The van der Waals surface area contributed by atoms with E-state index in [1.807, 2.05) is 25.7 Å². The van der Waals surface area contributed by atoms with Gasteiger partial charge in [-0.25, -0.2) is 0 Å². The van der Waals surface area contributed by atoms with Gasteiger partial charge in [-0.1, -0.05) is 12.8 Å². The highest BCUT2D eigenvalue weighted by atomic mass is 16.6. The first-order valence-corrected chi connectivity index (χ1v) is 7.88. The van der Waals surface area contributed by atoms with Gasteiger partial charge in [0.1, 0.15) is 5.60 Å². The number of carbonyl (C=O) groups excluding carboxylic acids is 2. The first-order chi connectivity index (χ1) is 9.37. The summed E-state index contributed by atoms with van der Waals surface area (Å²) in [5.74, 6) is 0.560. The average Bonchev–Trinajstić information content (AvgIpc) is 2.78. The predicted octanol–water partition coefficient (Wildman–Crippen LogP) is 2.90. The topological polar surface area (TPSA) is 46.6 Å². The van der Waals surface area contributed by atoms with Crippen LogP contribution in [0.2, 0.25) is 0 Å². The van der Waals surface area contributed by atoms with Crippen LogP contribution < -0.4 is 0 Å². The maximum Gasteiger partial charge on any atom is 0.306 e. The van der Waals surface area contributed by atoms with E-state index in [1.54, 1.807) is 0 Å². The van der Waals surface area contributed by atoms with Gasteiger partial charge in [-0.15, -0.1) is 0 Å². The Bertz CT molecular complexity index is 372. The predicted molar refractivity (Wildman–Crippen MR) is 77.2 cm³/mol. The molecule has 2 unspecified atom stereocenters. The molecule has 0 N–H and O–H groups in total. The van der Waals surface area contributed by atoms with Gasteiger partial charge >= 0.3 is 5.97 Å². The lowest BCUT2D eigenvalue weighted by Gasteiger charge is -2.31. The summed E-state index contributed by atoms with van der Waals surface area (Å²) >= 11 is 0. The Labute approximate surface area is 121 Å². The van der Waals surface area contributed by atoms with Crippen LogP contribution in [-0.4, -0.2) is 35.0 Å². The largest absolute Gasteiger partial charge is 0.460 e. The number of hydrogen-bond acceptors (Lipinski definition) is 3. The zero-order valence-corrected chi connectivity index (χ0v) is 13.0. The SMILES string of the molecule is CC(C)(C)OC(=O)CCC(=O)N1CCC2CCCCC21. The van der Waals surface area contributed by atoms with Crippen LogP contribution in [0.3, 0.4) is 0 Å². The number of fused-ring (bicyclic) bond motifs is 1. The molecule has 2 atom stereocenters. The van der Waals surface area contributed by atoms with Crippen molar-refractivity contribution in [2.45, 2.75) is 77.4 Å². The molecule has 0 aromatic heterocycles. The molecular formula is C16H27NO3. The van der Waals surface area contributed by atoms with Crippen LogP contribution in [0.25, 0.3) is 0 Å². The standard InChI is InChI=1S/C16H27NO3/c1-16(2,3)20-15(19)9-8-14(18)17-11-10-12-6-4-5-7-13(12)17/h12-13H,4-11H2,1-3H3. The molecule has 2 fully saturated rings. The molecule has 1 saturated carbocycles. The third-order valence-corrected chi connectivity index (χ3v) is 4.29. The zero-order valence-electron chi connectivity index (χ0n) is 13.0. The second kappa shape index (κ2) is 6.15. The van der Waals surface area contributed by atoms with Gasteiger partial charge in [-0.05, 0) is 46.0 Å². The van der Waals surface area contributed by atoms with Crippen molar-refractivity contribution in [3.63, 3.8) is 0 Å². The summed E-state index contributed by atoms with van der Waals surface area (Å²) in [4.78, 5) is 26.0. The molecule has 0 radical (unpaired) electrons. The van der Waals surface area contributed by atoms with Crippen molar-refractivity contribution in [3.05, 3.63) is 0 Å². The number of ether oxygens (including phenoxy) is 1. The molecule has 0 bridgehead atoms. The van der Waals surface area contributed by atoms with Crippen molar-refractivity contribution in [1.82, 2.24) is 4.90 Å². The molecular weight excluding hydrogens is 254 g/mol. The highest BCUT2D eigenvalue weighted by molar-refractivity contribution is 5.82. The molecule has 4 heteroatoms. The van der Waals surface area contributed by atoms with Crippen LogP contribution in [-0.2, 0) is 14.3 Å². The van der Waals surface area contributed by atoms with E-state index in [-0.39, 0.29) is 24.7 Å². The molecule has 0 aromatic rings. The molecule has 2 rings (SSSR count). The van der Waals surface area contributed by atoms with Crippen LogP contribution in [0.5, 0.6) is 0 Å². The Kier molecular flexibility index (Phi) is 4.71. The quantitative estimate of drug-likeness (QED) is 0.747. The van der Waals surface area contributed by atoms with Crippen molar-refractivity contribution >= 4 is 11.9 Å². The van der Waals surface area contributed by atoms with Crippen LogP contribution in [0.4, 0.5) is 0 Å². The summed E-state index contributed by atoms with van der Waals surface area (Å²) in [5.41, 5.74) is -0.470. The lowest BCUT2D eigenvalue weighted by Crippen LogP contribution is -2.39. The molecule has 1 aliphatic heterocycles. The summed E-state index contributed by atoms with van der Waals surface area (Å²) in [6, 6.07) is 0.440.